The van der Waals surface area contributed by atoms with Crippen molar-refractivity contribution in [2.24, 2.45) is 12.2 Å². The Kier molecular flexibility index (Phi) is 4.97. The summed E-state index contributed by atoms with van der Waals surface area (Å²) in [4.78, 5) is 0. The van der Waals surface area contributed by atoms with E-state index in [2.05, 4.69) is 10.4 Å². The number of anilines is 1. The molecule has 9 heteroatoms. The lowest BCUT2D eigenvalue weighted by Crippen LogP contribution is -2.51. The molecule has 7 nitrogen and oxygen atoms in total. The Morgan fingerprint density at radius 3 is 2.78 bits per heavy atom. The van der Waals surface area contributed by atoms with Gasteiger partial charge in [0, 0.05) is 19.8 Å². The van der Waals surface area contributed by atoms with E-state index in [1.165, 1.54) is 10.5 Å². The van der Waals surface area contributed by atoms with Crippen LogP contribution in [0.2, 0.25) is 0 Å². The minimum Gasteiger partial charge on any atom is -0.315 e. The van der Waals surface area contributed by atoms with Crippen molar-refractivity contribution >= 4 is 28.3 Å². The molecule has 1 saturated heterocycles. The van der Waals surface area contributed by atoms with Crippen molar-refractivity contribution in [2.75, 3.05) is 17.4 Å². The van der Waals surface area contributed by atoms with Crippen LogP contribution in [0.15, 0.2) is 12.4 Å². The van der Waals surface area contributed by atoms with Crippen LogP contribution < -0.4 is 14.8 Å². The second-order valence-electron chi connectivity index (χ2n) is 4.21. The highest BCUT2D eigenvalue weighted by Crippen LogP contribution is 2.21. The van der Waals surface area contributed by atoms with Crippen molar-refractivity contribution in [1.29, 1.82) is 0 Å². The molecule has 0 aromatic carbocycles. The Labute approximate surface area is 113 Å². The van der Waals surface area contributed by atoms with E-state index in [0.29, 0.717) is 12.2 Å². The molecule has 3 N–H and O–H groups in total. The zero-order chi connectivity index (χ0) is 12.5. The van der Waals surface area contributed by atoms with Gasteiger partial charge in [-0.05, 0) is 19.4 Å². The molecule has 0 aliphatic carbocycles. The maximum absolute atomic E-state index is 11.7. The molecule has 18 heavy (non-hydrogen) atoms. The highest BCUT2D eigenvalue weighted by molar-refractivity contribution is 7.90. The molecule has 0 amide bonds. The molecule has 0 unspecified atom stereocenters. The third kappa shape index (κ3) is 3.35. The predicted molar refractivity (Wildman–Crippen MR) is 71.9 cm³/mol. The van der Waals surface area contributed by atoms with Crippen LogP contribution in [0.5, 0.6) is 0 Å². The summed E-state index contributed by atoms with van der Waals surface area (Å²) in [6, 6.07) is -0.136. The number of nitrogens with two attached hydrogens (primary N) is 1. The summed E-state index contributed by atoms with van der Waals surface area (Å²) < 4.78 is 26.2. The second-order valence-corrected chi connectivity index (χ2v) is 5.64. The van der Waals surface area contributed by atoms with Gasteiger partial charge in [0.2, 0.25) is 0 Å². The summed E-state index contributed by atoms with van der Waals surface area (Å²) in [6.45, 7) is 1.54. The van der Waals surface area contributed by atoms with Crippen molar-refractivity contribution in [3.63, 3.8) is 0 Å². The van der Waals surface area contributed by atoms with Crippen molar-refractivity contribution < 1.29 is 8.42 Å². The Morgan fingerprint density at radius 1 is 1.61 bits per heavy atom. The molecular weight excluding hydrogens is 278 g/mol. The molecule has 1 fully saturated rings. The SMILES string of the molecule is Cl.Cn1cc(N([C@H]2CCCNC2)S(N)(=O)=O)cn1. The number of aromatic nitrogens is 2. The molecule has 1 aromatic heterocycles. The zero-order valence-electron chi connectivity index (χ0n) is 10.1. The van der Waals surface area contributed by atoms with Crippen LogP contribution >= 0.6 is 12.4 Å². The van der Waals surface area contributed by atoms with E-state index in [-0.39, 0.29) is 18.4 Å². The molecule has 2 rings (SSSR count). The standard InChI is InChI=1S/C9H17N5O2S.ClH/c1-13-7-9(6-12-13)14(17(10,15)16)8-3-2-4-11-5-8;/h6-8,11H,2-5H2,1H3,(H2,10,15,16);1H/t8-;/m0./s1. The third-order valence-corrected chi connectivity index (χ3v) is 3.88. The van der Waals surface area contributed by atoms with Gasteiger partial charge in [0.05, 0.1) is 17.9 Å². The topological polar surface area (TPSA) is 93.2 Å². The molecule has 0 saturated carbocycles. The fourth-order valence-electron chi connectivity index (χ4n) is 2.12. The minimum absolute atomic E-state index is 0. The molecule has 0 radical (unpaired) electrons. The van der Waals surface area contributed by atoms with Gasteiger partial charge in [-0.3, -0.25) is 8.99 Å². The first kappa shape index (κ1) is 15.2. The number of piperidine rings is 1. The molecule has 0 bridgehead atoms. The van der Waals surface area contributed by atoms with Crippen molar-refractivity contribution in [3.8, 4) is 0 Å². The van der Waals surface area contributed by atoms with Crippen LogP contribution in [0, 0.1) is 0 Å². The van der Waals surface area contributed by atoms with Gasteiger partial charge in [0.25, 0.3) is 10.2 Å². The third-order valence-electron chi connectivity index (χ3n) is 2.82. The normalized spacial score (nSPS) is 20.2. The number of nitrogens with one attached hydrogen (secondary N) is 1. The smallest absolute Gasteiger partial charge is 0.299 e. The number of halogens is 1. The van der Waals surface area contributed by atoms with E-state index in [9.17, 15) is 8.42 Å². The van der Waals surface area contributed by atoms with Gasteiger partial charge in [0.1, 0.15) is 0 Å². The summed E-state index contributed by atoms with van der Waals surface area (Å²) in [7, 11) is -2.02. The molecule has 104 valence electrons. The van der Waals surface area contributed by atoms with Gasteiger partial charge in [-0.25, -0.2) is 5.14 Å². The quantitative estimate of drug-likeness (QED) is 0.794. The van der Waals surface area contributed by atoms with E-state index < -0.39 is 10.2 Å². The molecule has 0 spiro atoms. The summed E-state index contributed by atoms with van der Waals surface area (Å²) >= 11 is 0. The number of rotatable bonds is 3. The van der Waals surface area contributed by atoms with Gasteiger partial charge in [-0.15, -0.1) is 12.4 Å². The maximum atomic E-state index is 11.7. The predicted octanol–water partition coefficient (Wildman–Crippen LogP) is -0.396. The number of aryl methyl sites for hydroxylation is 1. The largest absolute Gasteiger partial charge is 0.315 e. The molecular formula is C9H18ClN5O2S. The van der Waals surface area contributed by atoms with Crippen LogP contribution in [0.3, 0.4) is 0 Å². The Bertz CT molecular complexity index is 483. The zero-order valence-corrected chi connectivity index (χ0v) is 11.7. The summed E-state index contributed by atoms with van der Waals surface area (Å²) in [5.74, 6) is 0. The van der Waals surface area contributed by atoms with Crippen molar-refractivity contribution in [3.05, 3.63) is 12.4 Å². The molecule has 2 heterocycles. The Morgan fingerprint density at radius 2 is 2.33 bits per heavy atom. The number of hydrogen-bond donors (Lipinski definition) is 2. The lowest BCUT2D eigenvalue weighted by Gasteiger charge is -2.32. The second kappa shape index (κ2) is 5.87. The first-order chi connectivity index (χ1) is 7.98. The lowest BCUT2D eigenvalue weighted by molar-refractivity contribution is 0.454. The van der Waals surface area contributed by atoms with Crippen LogP contribution in [-0.4, -0.2) is 37.3 Å². The average molecular weight is 296 g/mol. The lowest BCUT2D eigenvalue weighted by atomic mass is 10.1. The van der Waals surface area contributed by atoms with E-state index >= 15 is 0 Å². The van der Waals surface area contributed by atoms with E-state index in [0.717, 1.165) is 19.4 Å². The summed E-state index contributed by atoms with van der Waals surface area (Å²) in [6.07, 6.45) is 4.91. The molecule has 1 atom stereocenters. The number of hydrogen-bond acceptors (Lipinski definition) is 4. The highest BCUT2D eigenvalue weighted by atomic mass is 35.5. The maximum Gasteiger partial charge on any atom is 0.299 e. The fourth-order valence-corrected chi connectivity index (χ4v) is 3.10. The van der Waals surface area contributed by atoms with Gasteiger partial charge in [-0.2, -0.15) is 13.5 Å². The number of nitrogens with zero attached hydrogens (tertiary/aromatic N) is 3. The van der Waals surface area contributed by atoms with Gasteiger partial charge in [0.15, 0.2) is 0 Å². The van der Waals surface area contributed by atoms with E-state index in [1.54, 1.807) is 17.9 Å². The fraction of sp³-hybridized carbons (Fsp3) is 0.667. The van der Waals surface area contributed by atoms with Crippen LogP contribution in [-0.2, 0) is 17.3 Å². The van der Waals surface area contributed by atoms with Crippen molar-refractivity contribution in [1.82, 2.24) is 15.1 Å². The van der Waals surface area contributed by atoms with Gasteiger partial charge >= 0.3 is 0 Å². The molecule has 1 aliphatic heterocycles. The highest BCUT2D eigenvalue weighted by Gasteiger charge is 2.29. The Hall–Kier alpha value is -0.830. The minimum atomic E-state index is -3.76. The average Bonchev–Trinajstić information content (AvgIpc) is 2.64. The van der Waals surface area contributed by atoms with E-state index in [1.807, 2.05) is 0 Å². The van der Waals surface area contributed by atoms with Gasteiger partial charge < -0.3 is 5.32 Å². The first-order valence-corrected chi connectivity index (χ1v) is 7.00. The van der Waals surface area contributed by atoms with E-state index in [4.69, 9.17) is 5.14 Å². The van der Waals surface area contributed by atoms with Gasteiger partial charge in [-0.1, -0.05) is 0 Å². The monoisotopic (exact) mass is 295 g/mol. The summed E-state index contributed by atoms with van der Waals surface area (Å²) in [5.41, 5.74) is 0.517. The van der Waals surface area contributed by atoms with Crippen LogP contribution in [0.4, 0.5) is 5.69 Å². The van der Waals surface area contributed by atoms with Crippen LogP contribution in [0.1, 0.15) is 12.8 Å². The molecule has 1 aliphatic rings. The Balaban J connectivity index is 0.00000162. The summed E-state index contributed by atoms with van der Waals surface area (Å²) in [5, 5.41) is 12.4. The molecule has 1 aromatic rings. The van der Waals surface area contributed by atoms with Crippen LogP contribution in [0.25, 0.3) is 0 Å². The van der Waals surface area contributed by atoms with Crippen molar-refractivity contribution in [2.45, 2.75) is 18.9 Å². The first-order valence-electron chi connectivity index (χ1n) is 5.50.